The van der Waals surface area contributed by atoms with Gasteiger partial charge in [0.25, 0.3) is 0 Å². The maximum absolute atomic E-state index is 12.4. The fraction of sp³-hybridized carbons (Fsp3) is 0.538. The van der Waals surface area contributed by atoms with Gasteiger partial charge in [-0.3, -0.25) is 0 Å². The molecule has 1 aliphatic rings. The van der Waals surface area contributed by atoms with Crippen molar-refractivity contribution >= 4 is 0 Å². The van der Waals surface area contributed by atoms with E-state index in [-0.39, 0.29) is 11.5 Å². The van der Waals surface area contributed by atoms with Crippen molar-refractivity contribution in [3.05, 3.63) is 35.4 Å². The van der Waals surface area contributed by atoms with Crippen LogP contribution in [0, 0.1) is 0 Å². The van der Waals surface area contributed by atoms with E-state index in [0.717, 1.165) is 37.0 Å². The smallest absolute Gasteiger partial charge is 0.328 e. The Kier molecular flexibility index (Phi) is 2.94. The first-order chi connectivity index (χ1) is 7.81. The van der Waals surface area contributed by atoms with Crippen LogP contribution in [0.2, 0.25) is 0 Å². The molecule has 2 N–H and O–H groups in total. The Morgan fingerprint density at radius 3 is 2.24 bits per heavy atom. The van der Waals surface area contributed by atoms with Gasteiger partial charge in [0.1, 0.15) is 0 Å². The molecule has 0 aromatic heterocycles. The van der Waals surface area contributed by atoms with Crippen LogP contribution < -0.4 is 5.73 Å². The van der Waals surface area contributed by atoms with Gasteiger partial charge >= 0.3 is 6.18 Å². The largest absolute Gasteiger partial charge is 0.416 e. The summed E-state index contributed by atoms with van der Waals surface area (Å²) in [6.45, 7) is 2.07. The summed E-state index contributed by atoms with van der Waals surface area (Å²) in [7, 11) is 0. The second kappa shape index (κ2) is 4.02. The van der Waals surface area contributed by atoms with E-state index in [2.05, 4.69) is 6.92 Å². The molecule has 0 amide bonds. The third-order valence-electron chi connectivity index (χ3n) is 3.69. The van der Waals surface area contributed by atoms with Gasteiger partial charge in [-0.25, -0.2) is 0 Å². The van der Waals surface area contributed by atoms with Crippen LogP contribution >= 0.6 is 0 Å². The Balaban J connectivity index is 2.24. The summed E-state index contributed by atoms with van der Waals surface area (Å²) < 4.78 is 37.3. The lowest BCUT2D eigenvalue weighted by Gasteiger charge is -2.25. The Morgan fingerprint density at radius 2 is 1.82 bits per heavy atom. The van der Waals surface area contributed by atoms with Gasteiger partial charge < -0.3 is 5.73 Å². The second-order valence-corrected chi connectivity index (χ2v) is 5.14. The summed E-state index contributed by atoms with van der Waals surface area (Å²) in [6.07, 6.45) is -1.53. The maximum atomic E-state index is 12.4. The topological polar surface area (TPSA) is 26.0 Å². The molecule has 2 unspecified atom stereocenters. The molecule has 0 bridgehead atoms. The van der Waals surface area contributed by atoms with Gasteiger partial charge in [0.2, 0.25) is 0 Å². The zero-order valence-electron chi connectivity index (χ0n) is 9.72. The zero-order valence-corrected chi connectivity index (χ0v) is 9.72. The number of alkyl halides is 3. The first kappa shape index (κ1) is 12.4. The van der Waals surface area contributed by atoms with Crippen LogP contribution in [0.3, 0.4) is 0 Å². The predicted molar refractivity (Wildman–Crippen MR) is 60.6 cm³/mol. The molecular weight excluding hydrogens is 227 g/mol. The molecular formula is C13H16F3N. The number of nitrogens with two attached hydrogens (primary N) is 1. The molecule has 4 heteroatoms. The van der Waals surface area contributed by atoms with E-state index < -0.39 is 11.7 Å². The van der Waals surface area contributed by atoms with E-state index in [1.165, 1.54) is 0 Å². The molecule has 1 saturated carbocycles. The number of halogens is 3. The molecule has 0 radical (unpaired) electrons. The van der Waals surface area contributed by atoms with Crippen LogP contribution in [-0.2, 0) is 11.6 Å². The van der Waals surface area contributed by atoms with Crippen molar-refractivity contribution in [3.8, 4) is 0 Å². The van der Waals surface area contributed by atoms with Crippen molar-refractivity contribution in [1.29, 1.82) is 0 Å². The Bertz CT molecular complexity index is 396. The van der Waals surface area contributed by atoms with Crippen molar-refractivity contribution in [2.24, 2.45) is 5.73 Å². The highest BCUT2D eigenvalue weighted by molar-refractivity contribution is 5.31. The van der Waals surface area contributed by atoms with Gasteiger partial charge in [-0.1, -0.05) is 19.1 Å². The van der Waals surface area contributed by atoms with Gasteiger partial charge in [0, 0.05) is 6.04 Å². The molecule has 0 heterocycles. The zero-order chi connectivity index (χ0) is 12.7. The highest BCUT2D eigenvalue weighted by Crippen LogP contribution is 2.40. The summed E-state index contributed by atoms with van der Waals surface area (Å²) in [5, 5.41) is 0. The maximum Gasteiger partial charge on any atom is 0.416 e. The number of benzene rings is 1. The molecule has 2 atom stereocenters. The molecule has 1 fully saturated rings. The molecule has 0 spiro atoms. The SMILES string of the molecule is CC1(c2ccc(C(F)(F)F)cc2)CCC(N)C1. The molecule has 1 nitrogen and oxygen atoms in total. The molecule has 0 aliphatic heterocycles. The van der Waals surface area contributed by atoms with Crippen molar-refractivity contribution in [3.63, 3.8) is 0 Å². The van der Waals surface area contributed by atoms with E-state index in [0.29, 0.717) is 0 Å². The first-order valence-corrected chi connectivity index (χ1v) is 5.75. The van der Waals surface area contributed by atoms with Crippen LogP contribution in [0.15, 0.2) is 24.3 Å². The molecule has 0 saturated heterocycles. The van der Waals surface area contributed by atoms with Crippen LogP contribution in [0.4, 0.5) is 13.2 Å². The van der Waals surface area contributed by atoms with E-state index >= 15 is 0 Å². The van der Waals surface area contributed by atoms with Gasteiger partial charge in [0.15, 0.2) is 0 Å². The monoisotopic (exact) mass is 243 g/mol. The van der Waals surface area contributed by atoms with Gasteiger partial charge in [-0.05, 0) is 42.4 Å². The van der Waals surface area contributed by atoms with Crippen LogP contribution in [-0.4, -0.2) is 6.04 Å². The number of hydrogen-bond acceptors (Lipinski definition) is 1. The average Bonchev–Trinajstić information content (AvgIpc) is 2.59. The molecule has 1 aliphatic carbocycles. The minimum absolute atomic E-state index is 0.0659. The Hall–Kier alpha value is -1.03. The second-order valence-electron chi connectivity index (χ2n) is 5.14. The fourth-order valence-corrected chi connectivity index (χ4v) is 2.61. The molecule has 1 aromatic rings. The van der Waals surface area contributed by atoms with Gasteiger partial charge in [0.05, 0.1) is 5.56 Å². The standard InChI is InChI=1S/C13H16F3N/c1-12(7-6-11(17)8-12)9-2-4-10(5-3-9)13(14,15)16/h2-5,11H,6-8,17H2,1H3. The van der Waals surface area contributed by atoms with Gasteiger partial charge in [-0.2, -0.15) is 13.2 Å². The fourth-order valence-electron chi connectivity index (χ4n) is 2.61. The van der Waals surface area contributed by atoms with Crippen LogP contribution in [0.5, 0.6) is 0 Å². The molecule has 17 heavy (non-hydrogen) atoms. The molecule has 1 aromatic carbocycles. The molecule has 94 valence electrons. The highest BCUT2D eigenvalue weighted by atomic mass is 19.4. The predicted octanol–water partition coefficient (Wildman–Crippen LogP) is 3.47. The summed E-state index contributed by atoms with van der Waals surface area (Å²) in [5.74, 6) is 0. The quantitative estimate of drug-likeness (QED) is 0.803. The summed E-state index contributed by atoms with van der Waals surface area (Å²) in [5.41, 5.74) is 6.17. The van der Waals surface area contributed by atoms with E-state index in [4.69, 9.17) is 5.73 Å². The minimum atomic E-state index is -4.26. The van der Waals surface area contributed by atoms with Gasteiger partial charge in [-0.15, -0.1) is 0 Å². The highest BCUT2D eigenvalue weighted by Gasteiger charge is 2.36. The Morgan fingerprint density at radius 1 is 1.24 bits per heavy atom. The molecule has 2 rings (SSSR count). The summed E-state index contributed by atoms with van der Waals surface area (Å²) in [4.78, 5) is 0. The number of hydrogen-bond donors (Lipinski definition) is 1. The van der Waals surface area contributed by atoms with E-state index in [1.807, 2.05) is 0 Å². The average molecular weight is 243 g/mol. The summed E-state index contributed by atoms with van der Waals surface area (Å²) >= 11 is 0. The lowest BCUT2D eigenvalue weighted by atomic mass is 9.80. The lowest BCUT2D eigenvalue weighted by Crippen LogP contribution is -2.22. The van der Waals surface area contributed by atoms with Crippen molar-refractivity contribution in [1.82, 2.24) is 0 Å². The Labute approximate surface area is 98.8 Å². The van der Waals surface area contributed by atoms with Crippen LogP contribution in [0.25, 0.3) is 0 Å². The lowest BCUT2D eigenvalue weighted by molar-refractivity contribution is -0.137. The first-order valence-electron chi connectivity index (χ1n) is 5.75. The minimum Gasteiger partial charge on any atom is -0.328 e. The van der Waals surface area contributed by atoms with Crippen molar-refractivity contribution in [2.45, 2.75) is 43.8 Å². The normalized spacial score (nSPS) is 29.6. The number of rotatable bonds is 1. The third kappa shape index (κ3) is 2.46. The third-order valence-corrected chi connectivity index (χ3v) is 3.69. The van der Waals surface area contributed by atoms with Crippen molar-refractivity contribution in [2.75, 3.05) is 0 Å². The van der Waals surface area contributed by atoms with Crippen LogP contribution in [0.1, 0.15) is 37.3 Å². The summed E-state index contributed by atoms with van der Waals surface area (Å²) in [6, 6.07) is 5.65. The van der Waals surface area contributed by atoms with E-state index in [1.54, 1.807) is 12.1 Å². The van der Waals surface area contributed by atoms with Crippen molar-refractivity contribution < 1.29 is 13.2 Å². The van der Waals surface area contributed by atoms with E-state index in [9.17, 15) is 13.2 Å².